The van der Waals surface area contributed by atoms with E-state index in [1.807, 2.05) is 11.9 Å². The molecule has 32 heavy (non-hydrogen) atoms. The monoisotopic (exact) mass is 482 g/mol. The topological polar surface area (TPSA) is 141 Å². The maximum atomic E-state index is 13.0. The molecule has 1 saturated heterocycles. The molecule has 1 aliphatic heterocycles. The maximum absolute atomic E-state index is 13.0. The van der Waals surface area contributed by atoms with Crippen LogP contribution in [-0.4, -0.2) is 51.1 Å². The molecule has 3 aromatic rings. The third-order valence-electron chi connectivity index (χ3n) is 5.43. The Balaban J connectivity index is 2.06. The summed E-state index contributed by atoms with van der Waals surface area (Å²) in [5.74, 6) is -1.71. The first-order chi connectivity index (χ1) is 15.4. The Hall–Kier alpha value is -2.39. The van der Waals surface area contributed by atoms with Gasteiger partial charge in [0.05, 0.1) is 12.5 Å². The van der Waals surface area contributed by atoms with Crippen molar-refractivity contribution in [1.29, 1.82) is 0 Å². The number of piperidine rings is 1. The predicted molar refractivity (Wildman–Crippen MR) is 118 cm³/mol. The lowest BCUT2D eigenvalue weighted by atomic mass is 9.85. The third kappa shape index (κ3) is 4.41. The van der Waals surface area contributed by atoms with E-state index >= 15 is 0 Å². The second-order valence-corrected chi connectivity index (χ2v) is 9.27. The molecule has 9 nitrogen and oxygen atoms in total. The summed E-state index contributed by atoms with van der Waals surface area (Å²) in [5.41, 5.74) is -0.509. The second kappa shape index (κ2) is 8.51. The number of phenols is 1. The molecule has 0 bridgehead atoms. The van der Waals surface area contributed by atoms with E-state index in [4.69, 9.17) is 21.9 Å². The summed E-state index contributed by atoms with van der Waals surface area (Å²) in [7, 11) is -3.25. The van der Waals surface area contributed by atoms with E-state index in [2.05, 4.69) is 0 Å². The fraction of sp³-hybridized carbons (Fsp3) is 0.286. The minimum atomic E-state index is -5.06. The number of likely N-dealkylation sites (tertiary alicyclic amines) is 1. The number of likely N-dealkylation sites (N-methyl/N-ethyl adjacent to an activating group) is 1. The van der Waals surface area contributed by atoms with E-state index < -0.39 is 36.8 Å². The number of hydrogen-bond donors (Lipinski definition) is 4. The molecule has 0 amide bonds. The van der Waals surface area contributed by atoms with Crippen LogP contribution in [0.25, 0.3) is 22.3 Å². The largest absolute Gasteiger partial charge is 0.524 e. The van der Waals surface area contributed by atoms with Crippen molar-refractivity contribution in [3.05, 3.63) is 57.2 Å². The van der Waals surface area contributed by atoms with E-state index in [9.17, 15) is 29.4 Å². The van der Waals surface area contributed by atoms with Crippen LogP contribution in [0.1, 0.15) is 19.3 Å². The van der Waals surface area contributed by atoms with Gasteiger partial charge in [0, 0.05) is 35.7 Å². The van der Waals surface area contributed by atoms with E-state index in [0.717, 1.165) is 12.1 Å². The fourth-order valence-corrected chi connectivity index (χ4v) is 4.64. The molecule has 4 N–H and O–H groups in total. The molecule has 1 aliphatic rings. The molecule has 0 unspecified atom stereocenters. The highest BCUT2D eigenvalue weighted by molar-refractivity contribution is 7.46. The van der Waals surface area contributed by atoms with Gasteiger partial charge >= 0.3 is 7.82 Å². The zero-order valence-corrected chi connectivity index (χ0v) is 18.5. The first kappa shape index (κ1) is 21.5. The number of hydrogen-bond acceptors (Lipinski definition) is 7. The van der Waals surface area contributed by atoms with Crippen molar-refractivity contribution in [1.82, 2.24) is 4.90 Å². The molecule has 4 rings (SSSR count). The lowest BCUT2D eigenvalue weighted by Gasteiger charge is -2.34. The average Bonchev–Trinajstić information content (AvgIpc) is 2.69. The van der Waals surface area contributed by atoms with Crippen molar-refractivity contribution in [3.8, 4) is 22.8 Å². The normalized spacial score (nSPS) is 20.3. The van der Waals surface area contributed by atoms with Crippen molar-refractivity contribution < 1.29 is 34.9 Å². The summed E-state index contributed by atoms with van der Waals surface area (Å²) >= 11 is 6.24. The summed E-state index contributed by atoms with van der Waals surface area (Å²) < 4.78 is 30.3. The number of fused-ring (bicyclic) bond motifs is 1. The molecule has 0 radical (unpaired) electrons. The number of aliphatic hydroxyl groups excluding tert-OH is 1. The number of aliphatic hydroxyl groups is 1. The molecule has 0 saturated carbocycles. The summed E-state index contributed by atoms with van der Waals surface area (Å²) in [5, 5.41) is 21.2. The maximum Gasteiger partial charge on any atom is 0.524 e. The van der Waals surface area contributed by atoms with Crippen molar-refractivity contribution in [2.75, 3.05) is 20.1 Å². The van der Waals surface area contributed by atoms with E-state index in [-0.39, 0.29) is 45.5 Å². The van der Waals surface area contributed by atoms with Gasteiger partial charge in [0.2, 0.25) is 0 Å². The number of phenolic OH excluding ortho intramolecular Hbond substituents is 1. The van der Waals surface area contributed by atoms with Crippen molar-refractivity contribution in [2.45, 2.75) is 18.4 Å². The Morgan fingerprint density at radius 3 is 2.78 bits per heavy atom. The SMILES string of the molecule is [2H]c1ccc(Cl)c(-c2cc(=O)c3c(O)cc(OP(=O)(O)O)c([C@H]4CCN(C)C[C@H]4O)c3o2)c1. The Labute approximate surface area is 189 Å². The number of halogens is 1. The number of benzene rings is 2. The summed E-state index contributed by atoms with van der Waals surface area (Å²) in [6.07, 6.45) is -0.601. The third-order valence-corrected chi connectivity index (χ3v) is 6.20. The van der Waals surface area contributed by atoms with E-state index in [1.165, 1.54) is 18.2 Å². The number of aromatic hydroxyl groups is 1. The van der Waals surface area contributed by atoms with Crippen LogP contribution in [0.3, 0.4) is 0 Å². The minimum Gasteiger partial charge on any atom is -0.507 e. The van der Waals surface area contributed by atoms with Crippen LogP contribution in [-0.2, 0) is 4.57 Å². The highest BCUT2D eigenvalue weighted by atomic mass is 35.5. The molecular weight excluding hydrogens is 461 g/mol. The number of nitrogens with zero attached hydrogens (tertiary/aromatic N) is 1. The molecule has 0 aliphatic carbocycles. The van der Waals surface area contributed by atoms with Gasteiger partial charge in [0.15, 0.2) is 5.43 Å². The van der Waals surface area contributed by atoms with E-state index in [0.29, 0.717) is 13.0 Å². The van der Waals surface area contributed by atoms with Gasteiger partial charge in [0.1, 0.15) is 28.2 Å². The van der Waals surface area contributed by atoms with Gasteiger partial charge in [-0.15, -0.1) is 0 Å². The molecular formula is C21H21ClNO8P. The summed E-state index contributed by atoms with van der Waals surface area (Å²) in [6.45, 7) is 0.815. The molecule has 1 fully saturated rings. The molecule has 2 atom stereocenters. The van der Waals surface area contributed by atoms with Crippen molar-refractivity contribution >= 4 is 30.4 Å². The average molecular weight is 483 g/mol. The van der Waals surface area contributed by atoms with Gasteiger partial charge in [-0.1, -0.05) is 23.7 Å². The fourth-order valence-electron chi connectivity index (χ4n) is 4.03. The number of phosphoric acid groups is 1. The van der Waals surface area contributed by atoms with Gasteiger partial charge in [-0.05, 0) is 32.1 Å². The lowest BCUT2D eigenvalue weighted by Crippen LogP contribution is -2.40. The highest BCUT2D eigenvalue weighted by Crippen LogP contribution is 2.48. The van der Waals surface area contributed by atoms with Crippen LogP contribution in [0.2, 0.25) is 5.02 Å². The molecule has 2 aromatic carbocycles. The Bertz CT molecular complexity index is 1340. The lowest BCUT2D eigenvalue weighted by molar-refractivity contribution is 0.0632. The standard InChI is InChI=1S/C21H21ClNO8P/c1-23-7-6-12(16(26)10-23)19-18(31-32(27,28)29)9-15(25)20-14(24)8-17(30-21(19)20)11-4-2-3-5-13(11)22/h2-5,8-9,12,16,25-26H,6-7,10H2,1H3,(H2,27,28,29)/t12-,16+/m0/s1/i2D. The Morgan fingerprint density at radius 2 is 2.09 bits per heavy atom. The first-order valence-electron chi connectivity index (χ1n) is 10.2. The summed E-state index contributed by atoms with van der Waals surface area (Å²) in [4.78, 5) is 33.7. The molecule has 170 valence electrons. The quantitative estimate of drug-likeness (QED) is 0.413. The number of β-amino-alcohol motifs (C(OH)–C–C–N with tert-alkyl or cyclic N) is 1. The van der Waals surface area contributed by atoms with Crippen LogP contribution in [0.4, 0.5) is 0 Å². The van der Waals surface area contributed by atoms with Crippen molar-refractivity contribution in [2.24, 2.45) is 0 Å². The highest BCUT2D eigenvalue weighted by Gasteiger charge is 2.35. The molecule has 0 spiro atoms. The van der Waals surface area contributed by atoms with Crippen LogP contribution >= 0.6 is 19.4 Å². The van der Waals surface area contributed by atoms with Crippen molar-refractivity contribution in [3.63, 3.8) is 0 Å². The smallest absolute Gasteiger partial charge is 0.507 e. The minimum absolute atomic E-state index is 0.0111. The van der Waals surface area contributed by atoms with Gasteiger partial charge in [-0.25, -0.2) is 4.57 Å². The van der Waals surface area contributed by atoms with Gasteiger partial charge in [0.25, 0.3) is 0 Å². The van der Waals surface area contributed by atoms with Gasteiger partial charge in [-0.2, -0.15) is 0 Å². The van der Waals surface area contributed by atoms with Crippen LogP contribution in [0.15, 0.2) is 45.6 Å². The Kier molecular flexibility index (Phi) is 5.71. The Morgan fingerprint density at radius 1 is 1.34 bits per heavy atom. The van der Waals surface area contributed by atoms with Crippen LogP contribution in [0, 0.1) is 0 Å². The molecule has 1 aromatic heterocycles. The van der Waals surface area contributed by atoms with Gasteiger partial charge < -0.3 is 24.1 Å². The van der Waals surface area contributed by atoms with Gasteiger partial charge in [-0.3, -0.25) is 14.6 Å². The van der Waals surface area contributed by atoms with Crippen LogP contribution < -0.4 is 9.95 Å². The molecule has 2 heterocycles. The zero-order chi connectivity index (χ0) is 24.1. The first-order valence-corrected chi connectivity index (χ1v) is 11.6. The predicted octanol–water partition coefficient (Wildman–Crippen LogP) is 3.07. The van der Waals surface area contributed by atoms with Crippen LogP contribution in [0.5, 0.6) is 11.5 Å². The molecule has 11 heteroatoms. The number of rotatable bonds is 4. The zero-order valence-electron chi connectivity index (χ0n) is 17.9. The second-order valence-electron chi connectivity index (χ2n) is 7.70. The number of phosphoric ester groups is 1. The summed E-state index contributed by atoms with van der Waals surface area (Å²) in [6, 6.07) is 6.49. The van der Waals surface area contributed by atoms with E-state index in [1.54, 1.807) is 0 Å².